The monoisotopic (exact) mass is 228 g/mol. The van der Waals surface area contributed by atoms with Gasteiger partial charge in [0.05, 0.1) is 0 Å². The molecule has 1 N–H and O–H groups in total. The quantitative estimate of drug-likeness (QED) is 0.815. The van der Waals surface area contributed by atoms with Crippen LogP contribution in [0.2, 0.25) is 0 Å². The molecule has 0 heterocycles. The zero-order chi connectivity index (χ0) is 11.2. The molecule has 2 aromatic rings. The van der Waals surface area contributed by atoms with Gasteiger partial charge in [0, 0.05) is 0 Å². The molecule has 0 fully saturated rings. The van der Waals surface area contributed by atoms with Crippen molar-refractivity contribution in [3.63, 3.8) is 0 Å². The molecule has 0 unspecified atom stereocenters. The van der Waals surface area contributed by atoms with Crippen molar-refractivity contribution >= 4 is 9.76 Å². The molecular weight excluding hydrogens is 216 g/mol. The van der Waals surface area contributed by atoms with Crippen LogP contribution < -0.4 is 4.74 Å². The summed E-state index contributed by atoms with van der Waals surface area (Å²) in [5.74, 6) is 1.65. The van der Waals surface area contributed by atoms with E-state index >= 15 is 0 Å². The summed E-state index contributed by atoms with van der Waals surface area (Å²) in [6.07, 6.45) is 0. The summed E-state index contributed by atoms with van der Waals surface area (Å²) in [5.41, 5.74) is 1.13. The van der Waals surface area contributed by atoms with Gasteiger partial charge in [-0.15, -0.1) is 0 Å². The third-order valence-electron chi connectivity index (χ3n) is 2.19. The Morgan fingerprint density at radius 3 is 2.12 bits per heavy atom. The van der Waals surface area contributed by atoms with E-state index < -0.39 is 0 Å². The van der Waals surface area contributed by atoms with Crippen LogP contribution in [0, 0.1) is 0 Å². The summed E-state index contributed by atoms with van der Waals surface area (Å²) < 4.78 is 5.65. The highest BCUT2D eigenvalue weighted by Gasteiger charge is 1.97. The van der Waals surface area contributed by atoms with Gasteiger partial charge in [0.2, 0.25) is 9.76 Å². The van der Waals surface area contributed by atoms with Gasteiger partial charge in [0.15, 0.2) is 0 Å². The van der Waals surface area contributed by atoms with Crippen LogP contribution in [0.4, 0.5) is 0 Å². The molecule has 3 heteroatoms. The number of ether oxygens (including phenoxy) is 1. The highest BCUT2D eigenvalue weighted by atomic mass is 28.2. The maximum Gasteiger partial charge on any atom is 0.229 e. The molecule has 2 nitrogen and oxygen atoms in total. The fraction of sp³-hybridized carbons (Fsp3) is 0.0769. The average Bonchev–Trinajstić information content (AvgIpc) is 2.33. The first-order valence-corrected chi connectivity index (χ1v) is 6.23. The molecule has 0 aliphatic rings. The molecule has 80 valence electrons. The van der Waals surface area contributed by atoms with Gasteiger partial charge < -0.3 is 9.53 Å². The van der Waals surface area contributed by atoms with Crippen LogP contribution in [-0.4, -0.2) is 14.6 Å². The van der Waals surface area contributed by atoms with E-state index in [1.165, 1.54) is 0 Å². The number of rotatable bonds is 4. The summed E-state index contributed by atoms with van der Waals surface area (Å²) in [6, 6.07) is 18.2. The molecule has 0 aromatic heterocycles. The van der Waals surface area contributed by atoms with Gasteiger partial charge in [-0.3, -0.25) is 0 Å². The van der Waals surface area contributed by atoms with Gasteiger partial charge in [0.1, 0.15) is 11.5 Å². The first-order chi connectivity index (χ1) is 7.88. The Labute approximate surface area is 97.5 Å². The highest BCUT2D eigenvalue weighted by Crippen LogP contribution is 2.20. The zero-order valence-corrected chi connectivity index (χ0v) is 9.76. The van der Waals surface area contributed by atoms with Crippen molar-refractivity contribution in [3.05, 3.63) is 60.2 Å². The average molecular weight is 228 g/mol. The normalized spacial score (nSPS) is 10.1. The number of para-hydroxylation sites is 1. The lowest BCUT2D eigenvalue weighted by molar-refractivity contribution is 0.482. The molecule has 2 aromatic carbocycles. The molecule has 16 heavy (non-hydrogen) atoms. The van der Waals surface area contributed by atoms with Crippen LogP contribution in [0.25, 0.3) is 0 Å². The minimum Gasteiger partial charge on any atom is -0.457 e. The lowest BCUT2D eigenvalue weighted by Crippen LogP contribution is -1.94. The fourth-order valence-electron chi connectivity index (χ4n) is 1.39. The smallest absolute Gasteiger partial charge is 0.229 e. The van der Waals surface area contributed by atoms with Crippen LogP contribution in [0.1, 0.15) is 5.56 Å². The molecule has 0 saturated carbocycles. The van der Waals surface area contributed by atoms with E-state index in [0.717, 1.165) is 17.1 Å². The Balaban J connectivity index is 2.05. The van der Waals surface area contributed by atoms with E-state index in [1.54, 1.807) is 0 Å². The van der Waals surface area contributed by atoms with Gasteiger partial charge in [0.25, 0.3) is 0 Å². The van der Waals surface area contributed by atoms with Crippen molar-refractivity contribution in [2.75, 3.05) is 0 Å². The molecule has 0 spiro atoms. The van der Waals surface area contributed by atoms with Crippen molar-refractivity contribution in [2.45, 2.75) is 6.04 Å². The summed E-state index contributed by atoms with van der Waals surface area (Å²) in [4.78, 5) is 8.82. The van der Waals surface area contributed by atoms with Crippen LogP contribution in [0.3, 0.4) is 0 Å². The lowest BCUT2D eigenvalue weighted by Gasteiger charge is -2.05. The number of hydrogen-bond acceptors (Lipinski definition) is 2. The van der Waals surface area contributed by atoms with E-state index in [-0.39, 0.29) is 9.76 Å². The van der Waals surface area contributed by atoms with Crippen molar-refractivity contribution in [1.29, 1.82) is 0 Å². The lowest BCUT2D eigenvalue weighted by atomic mass is 10.2. The maximum absolute atomic E-state index is 8.82. The standard InChI is InChI=1S/C13H12O2Si/c14-16-10-11-6-8-13(9-7-11)15-12-4-2-1-3-5-12/h1-9,14H,10H2. The molecule has 0 aliphatic carbocycles. The summed E-state index contributed by atoms with van der Waals surface area (Å²) in [5, 5.41) is 0. The van der Waals surface area contributed by atoms with Gasteiger partial charge in [-0.2, -0.15) is 0 Å². The van der Waals surface area contributed by atoms with Crippen molar-refractivity contribution in [3.8, 4) is 11.5 Å². The van der Waals surface area contributed by atoms with Crippen LogP contribution in [0.15, 0.2) is 54.6 Å². The van der Waals surface area contributed by atoms with Crippen molar-refractivity contribution in [2.24, 2.45) is 0 Å². The Hall–Kier alpha value is -1.58. The van der Waals surface area contributed by atoms with Gasteiger partial charge in [-0.25, -0.2) is 0 Å². The second-order valence-corrected chi connectivity index (χ2v) is 4.06. The molecule has 0 atom stereocenters. The van der Waals surface area contributed by atoms with Crippen LogP contribution in [-0.2, 0) is 6.04 Å². The highest BCUT2D eigenvalue weighted by molar-refractivity contribution is 6.24. The van der Waals surface area contributed by atoms with E-state index in [2.05, 4.69) is 0 Å². The number of benzene rings is 2. The Morgan fingerprint density at radius 1 is 0.875 bits per heavy atom. The molecule has 0 aliphatic heterocycles. The summed E-state index contributed by atoms with van der Waals surface area (Å²) >= 11 is 0. The van der Waals surface area contributed by atoms with E-state index in [9.17, 15) is 0 Å². The zero-order valence-electron chi connectivity index (χ0n) is 8.76. The van der Waals surface area contributed by atoms with E-state index in [1.807, 2.05) is 54.6 Å². The maximum atomic E-state index is 8.82. The second kappa shape index (κ2) is 5.49. The van der Waals surface area contributed by atoms with Gasteiger partial charge in [-0.05, 0) is 35.9 Å². The first kappa shape index (κ1) is 10.9. The van der Waals surface area contributed by atoms with Crippen molar-refractivity contribution < 1.29 is 9.53 Å². The molecule has 2 rings (SSSR count). The Bertz CT molecular complexity index is 425. The molecule has 0 amide bonds. The predicted octanol–water partition coefficient (Wildman–Crippen LogP) is 2.59. The van der Waals surface area contributed by atoms with E-state index in [0.29, 0.717) is 6.04 Å². The Morgan fingerprint density at radius 2 is 1.50 bits per heavy atom. The minimum atomic E-state index is -0.0353. The number of hydrogen-bond donors (Lipinski definition) is 1. The second-order valence-electron chi connectivity index (χ2n) is 3.39. The van der Waals surface area contributed by atoms with Gasteiger partial charge in [-0.1, -0.05) is 30.3 Å². The molecule has 2 radical (unpaired) electrons. The molecule has 0 bridgehead atoms. The summed E-state index contributed by atoms with van der Waals surface area (Å²) in [6.45, 7) is 0. The first-order valence-electron chi connectivity index (χ1n) is 5.07. The Kier molecular flexibility index (Phi) is 3.74. The van der Waals surface area contributed by atoms with Crippen LogP contribution in [0.5, 0.6) is 11.5 Å². The molecule has 0 saturated heterocycles. The SMILES string of the molecule is O[Si]Cc1ccc(Oc2ccccc2)cc1. The third-order valence-corrected chi connectivity index (χ3v) is 2.75. The third kappa shape index (κ3) is 2.95. The topological polar surface area (TPSA) is 29.5 Å². The minimum absolute atomic E-state index is 0.0353. The van der Waals surface area contributed by atoms with Crippen molar-refractivity contribution in [1.82, 2.24) is 0 Å². The summed E-state index contributed by atoms with van der Waals surface area (Å²) in [7, 11) is -0.0353. The van der Waals surface area contributed by atoms with Crippen LogP contribution >= 0.6 is 0 Å². The van der Waals surface area contributed by atoms with E-state index in [4.69, 9.17) is 9.53 Å². The fourth-order valence-corrected chi connectivity index (χ4v) is 1.81. The van der Waals surface area contributed by atoms with Gasteiger partial charge >= 0.3 is 0 Å². The largest absolute Gasteiger partial charge is 0.457 e. The predicted molar refractivity (Wildman–Crippen MR) is 64.6 cm³/mol. The molecular formula is C13H12O2Si.